The molecule has 33 heavy (non-hydrogen) atoms. The zero-order valence-electron chi connectivity index (χ0n) is 19.2. The van der Waals surface area contributed by atoms with Crippen molar-refractivity contribution < 1.29 is 22.7 Å². The van der Waals surface area contributed by atoms with Crippen molar-refractivity contribution in [3.63, 3.8) is 0 Å². The molecule has 1 aromatic rings. The zero-order valence-corrected chi connectivity index (χ0v) is 20.0. The molecule has 0 aliphatic carbocycles. The van der Waals surface area contributed by atoms with E-state index in [-0.39, 0.29) is 35.9 Å². The van der Waals surface area contributed by atoms with Crippen LogP contribution < -0.4 is 21.1 Å². The van der Waals surface area contributed by atoms with Crippen LogP contribution in [0.4, 0.5) is 0 Å². The Bertz CT molecular complexity index is 900. The minimum atomic E-state index is -3.70. The molecule has 2 aliphatic rings. The van der Waals surface area contributed by atoms with Crippen molar-refractivity contribution in [2.75, 3.05) is 26.2 Å². The number of nitrogens with zero attached hydrogens (tertiary/aromatic N) is 1. The average Bonchev–Trinajstić information content (AvgIpc) is 3.04. The Morgan fingerprint density at radius 3 is 2.58 bits per heavy atom. The van der Waals surface area contributed by atoms with Crippen molar-refractivity contribution in [3.05, 3.63) is 30.7 Å². The van der Waals surface area contributed by atoms with Gasteiger partial charge in [0.1, 0.15) is 11.9 Å². The van der Waals surface area contributed by atoms with Crippen molar-refractivity contribution in [3.8, 4) is 5.75 Å². The Kier molecular flexibility index (Phi) is 9.10. The van der Waals surface area contributed by atoms with Crippen LogP contribution in [0.5, 0.6) is 5.75 Å². The number of rotatable bonds is 9. The summed E-state index contributed by atoms with van der Waals surface area (Å²) in [4.78, 5) is 23.6. The van der Waals surface area contributed by atoms with Gasteiger partial charge in [-0.05, 0) is 69.5 Å². The average molecular weight is 480 g/mol. The first-order valence-corrected chi connectivity index (χ1v) is 13.1. The van der Waals surface area contributed by atoms with Gasteiger partial charge in [0.15, 0.2) is 0 Å². The van der Waals surface area contributed by atoms with Gasteiger partial charge in [-0.25, -0.2) is 8.42 Å². The van der Waals surface area contributed by atoms with Crippen LogP contribution in [0.15, 0.2) is 29.2 Å². The summed E-state index contributed by atoms with van der Waals surface area (Å²) >= 11 is 0. The molecule has 0 saturated carbocycles. The lowest BCUT2D eigenvalue weighted by Gasteiger charge is -2.25. The summed E-state index contributed by atoms with van der Waals surface area (Å²) in [6, 6.07) is 6.30. The molecule has 2 amide bonds. The molecule has 1 aromatic carbocycles. The number of carbonyl (C=O) groups excluding carboxylic acids is 2. The van der Waals surface area contributed by atoms with Crippen LogP contribution in [-0.4, -0.2) is 62.9 Å². The second-order valence-electron chi connectivity index (χ2n) is 8.85. The van der Waals surface area contributed by atoms with Crippen LogP contribution in [0.25, 0.3) is 0 Å². The monoisotopic (exact) mass is 479 g/mol. The highest BCUT2D eigenvalue weighted by Crippen LogP contribution is 2.24. The number of piperidine rings is 1. The van der Waals surface area contributed by atoms with E-state index in [1.165, 1.54) is 10.7 Å². The molecule has 10 heteroatoms. The molecule has 0 spiro atoms. The van der Waals surface area contributed by atoms with Crippen molar-refractivity contribution in [2.24, 2.45) is 11.7 Å². The molecule has 3 rings (SSSR count). The van der Waals surface area contributed by atoms with E-state index in [0.717, 1.165) is 38.8 Å². The summed E-state index contributed by atoms with van der Waals surface area (Å²) < 4.78 is 34.0. The molecular weight excluding hydrogens is 444 g/mol. The van der Waals surface area contributed by atoms with E-state index in [1.807, 2.05) is 0 Å². The first kappa shape index (κ1) is 25.5. The summed E-state index contributed by atoms with van der Waals surface area (Å²) in [6.45, 7) is 4.12. The highest BCUT2D eigenvalue weighted by molar-refractivity contribution is 7.89. The van der Waals surface area contributed by atoms with Crippen molar-refractivity contribution in [1.29, 1.82) is 0 Å². The molecule has 2 fully saturated rings. The van der Waals surface area contributed by atoms with E-state index in [1.54, 1.807) is 31.2 Å². The summed E-state index contributed by atoms with van der Waals surface area (Å²) in [6.07, 6.45) is 5.90. The SMILES string of the molecule is CC(C[CH]C(=O)N[C@H]1CCCCN(S(=O)(=O)c2ccc(OC3CCNCC3)cc2)C1)C(N)=O. The third-order valence-electron chi connectivity index (χ3n) is 6.17. The first-order chi connectivity index (χ1) is 15.8. The Morgan fingerprint density at radius 2 is 1.91 bits per heavy atom. The summed E-state index contributed by atoms with van der Waals surface area (Å²) in [7, 11) is -3.70. The number of hydrogen-bond donors (Lipinski definition) is 3. The van der Waals surface area contributed by atoms with Gasteiger partial charge in [-0.1, -0.05) is 13.3 Å². The molecule has 1 radical (unpaired) electrons. The molecule has 2 atom stereocenters. The van der Waals surface area contributed by atoms with Gasteiger partial charge < -0.3 is 21.1 Å². The standard InChI is InChI=1S/C23H35N4O5S/c1-17(23(24)29)5-10-22(28)26-18-4-2-3-15-27(16-18)33(30,31)21-8-6-19(7-9-21)32-20-11-13-25-14-12-20/h6-10,17-18,20,25H,2-5,11-16H2,1H3,(H2,24,29)(H,26,28)/t17?,18-/m0/s1. The van der Waals surface area contributed by atoms with Gasteiger partial charge in [0, 0.05) is 25.0 Å². The van der Waals surface area contributed by atoms with Gasteiger partial charge >= 0.3 is 0 Å². The minimum Gasteiger partial charge on any atom is -0.490 e. The highest BCUT2D eigenvalue weighted by Gasteiger charge is 2.30. The Morgan fingerprint density at radius 1 is 1.21 bits per heavy atom. The van der Waals surface area contributed by atoms with E-state index >= 15 is 0 Å². The molecule has 183 valence electrons. The van der Waals surface area contributed by atoms with E-state index in [9.17, 15) is 18.0 Å². The van der Waals surface area contributed by atoms with Gasteiger partial charge in [0.05, 0.1) is 11.3 Å². The number of nitrogens with one attached hydrogen (secondary N) is 2. The smallest absolute Gasteiger partial charge is 0.243 e. The largest absolute Gasteiger partial charge is 0.490 e. The lowest BCUT2D eigenvalue weighted by molar-refractivity contribution is -0.121. The minimum absolute atomic E-state index is 0.145. The van der Waals surface area contributed by atoms with E-state index in [0.29, 0.717) is 18.7 Å². The molecular formula is C23H35N4O5S. The van der Waals surface area contributed by atoms with Crippen molar-refractivity contribution >= 4 is 21.8 Å². The highest BCUT2D eigenvalue weighted by atomic mass is 32.2. The number of ether oxygens (including phenoxy) is 1. The maximum atomic E-state index is 13.3. The molecule has 9 nitrogen and oxygen atoms in total. The number of benzene rings is 1. The topological polar surface area (TPSA) is 131 Å². The fourth-order valence-corrected chi connectivity index (χ4v) is 5.57. The number of nitrogens with two attached hydrogens (primary N) is 1. The summed E-state index contributed by atoms with van der Waals surface area (Å²) in [5.74, 6) is -0.532. The molecule has 0 bridgehead atoms. The normalized spacial score (nSPS) is 21.7. The Hall–Kier alpha value is -2.17. The summed E-state index contributed by atoms with van der Waals surface area (Å²) in [5, 5.41) is 6.17. The zero-order chi connectivity index (χ0) is 23.8. The maximum Gasteiger partial charge on any atom is 0.243 e. The second-order valence-corrected chi connectivity index (χ2v) is 10.8. The third-order valence-corrected chi connectivity index (χ3v) is 8.05. The second kappa shape index (κ2) is 11.8. The number of hydrogen-bond acceptors (Lipinski definition) is 6. The van der Waals surface area contributed by atoms with Crippen LogP contribution in [0.2, 0.25) is 0 Å². The van der Waals surface area contributed by atoms with Gasteiger partial charge in [0.25, 0.3) is 0 Å². The van der Waals surface area contributed by atoms with Crippen LogP contribution in [0.3, 0.4) is 0 Å². The van der Waals surface area contributed by atoms with E-state index < -0.39 is 21.8 Å². The molecule has 2 saturated heterocycles. The van der Waals surface area contributed by atoms with Crippen LogP contribution >= 0.6 is 0 Å². The molecule has 0 aromatic heterocycles. The van der Waals surface area contributed by atoms with E-state index in [2.05, 4.69) is 10.6 Å². The van der Waals surface area contributed by atoms with Gasteiger partial charge in [-0.3, -0.25) is 9.59 Å². The maximum absolute atomic E-state index is 13.3. The summed E-state index contributed by atoms with van der Waals surface area (Å²) in [5.41, 5.74) is 5.23. The molecule has 2 heterocycles. The predicted molar refractivity (Wildman–Crippen MR) is 125 cm³/mol. The Balaban J connectivity index is 1.59. The van der Waals surface area contributed by atoms with Crippen molar-refractivity contribution in [1.82, 2.24) is 14.9 Å². The molecule has 2 aliphatic heterocycles. The molecule has 4 N–H and O–H groups in total. The van der Waals surface area contributed by atoms with Gasteiger partial charge in [-0.2, -0.15) is 4.31 Å². The molecule has 1 unspecified atom stereocenters. The number of amides is 2. The lowest BCUT2D eigenvalue weighted by atomic mass is 10.0. The van der Waals surface area contributed by atoms with Gasteiger partial charge in [-0.15, -0.1) is 0 Å². The fraction of sp³-hybridized carbons (Fsp3) is 0.609. The quantitative estimate of drug-likeness (QED) is 0.488. The first-order valence-electron chi connectivity index (χ1n) is 11.7. The fourth-order valence-electron chi connectivity index (χ4n) is 4.05. The van der Waals surface area contributed by atoms with Crippen LogP contribution in [-0.2, 0) is 19.6 Å². The third kappa shape index (κ3) is 7.41. The number of primary amides is 1. The Labute approximate surface area is 196 Å². The number of sulfonamides is 1. The number of carbonyl (C=O) groups is 2. The van der Waals surface area contributed by atoms with Crippen molar-refractivity contribution in [2.45, 2.75) is 62.5 Å². The van der Waals surface area contributed by atoms with Crippen LogP contribution in [0, 0.1) is 12.3 Å². The lowest BCUT2D eigenvalue weighted by Crippen LogP contribution is -2.44. The van der Waals surface area contributed by atoms with E-state index in [4.69, 9.17) is 10.5 Å². The van der Waals surface area contributed by atoms with Crippen LogP contribution in [0.1, 0.15) is 45.4 Å². The van der Waals surface area contributed by atoms with Gasteiger partial charge in [0.2, 0.25) is 21.8 Å². The predicted octanol–water partition coefficient (Wildman–Crippen LogP) is 1.19.